The van der Waals surface area contributed by atoms with Crippen molar-refractivity contribution in [1.29, 1.82) is 10.5 Å². The van der Waals surface area contributed by atoms with E-state index in [0.717, 1.165) is 4.90 Å². The third-order valence-electron chi connectivity index (χ3n) is 4.33. The van der Waals surface area contributed by atoms with Gasteiger partial charge in [-0.05, 0) is 55.1 Å². The quantitative estimate of drug-likeness (QED) is 0.562. The lowest BCUT2D eigenvalue weighted by atomic mass is 9.75. The van der Waals surface area contributed by atoms with E-state index in [0.29, 0.717) is 11.3 Å². The third kappa shape index (κ3) is 4.97. The van der Waals surface area contributed by atoms with E-state index in [4.69, 9.17) is 0 Å². The maximum absolute atomic E-state index is 13.1. The number of nitrogens with one attached hydrogen (secondary N) is 1. The molecule has 0 saturated carbocycles. The van der Waals surface area contributed by atoms with Gasteiger partial charge in [-0.1, -0.05) is 12.1 Å². The molecule has 0 bridgehead atoms. The molecule has 5 nitrogen and oxygen atoms in total. The van der Waals surface area contributed by atoms with Crippen molar-refractivity contribution in [2.75, 3.05) is 11.6 Å². The van der Waals surface area contributed by atoms with Crippen LogP contribution in [0.1, 0.15) is 18.4 Å². The number of amides is 1. The molecule has 0 fully saturated rings. The molecule has 2 aromatic carbocycles. The van der Waals surface area contributed by atoms with E-state index in [1.54, 1.807) is 12.1 Å². The molecular weight excluding hydrogens is 377 g/mol. The molecule has 0 unspecified atom stereocenters. The van der Waals surface area contributed by atoms with Gasteiger partial charge < -0.3 is 5.32 Å². The highest BCUT2D eigenvalue weighted by molar-refractivity contribution is 7.98. The molecule has 0 aliphatic carbocycles. The van der Waals surface area contributed by atoms with Crippen LogP contribution in [0.5, 0.6) is 0 Å². The molecule has 28 heavy (non-hydrogen) atoms. The van der Waals surface area contributed by atoms with Crippen molar-refractivity contribution in [3.8, 4) is 12.1 Å². The largest absolute Gasteiger partial charge is 0.325 e. The Labute approximate surface area is 167 Å². The van der Waals surface area contributed by atoms with Crippen LogP contribution in [0.2, 0.25) is 0 Å². The van der Waals surface area contributed by atoms with Crippen LogP contribution in [-0.4, -0.2) is 17.9 Å². The van der Waals surface area contributed by atoms with Crippen molar-refractivity contribution in [3.05, 3.63) is 59.9 Å². The molecule has 2 atom stereocenters. The van der Waals surface area contributed by atoms with E-state index >= 15 is 0 Å². The van der Waals surface area contributed by atoms with Gasteiger partial charge in [0.05, 0.1) is 12.1 Å². The molecule has 0 saturated heterocycles. The Kier molecular flexibility index (Phi) is 7.31. The normalized spacial score (nSPS) is 12.5. The Bertz CT molecular complexity index is 916. The second-order valence-electron chi connectivity index (χ2n) is 6.12. The second-order valence-corrected chi connectivity index (χ2v) is 7.00. The van der Waals surface area contributed by atoms with Gasteiger partial charge in [0.25, 0.3) is 0 Å². The topological polar surface area (TPSA) is 93.8 Å². The summed E-state index contributed by atoms with van der Waals surface area (Å²) in [5.74, 6) is -4.92. The first kappa shape index (κ1) is 21.1. The number of ketones is 1. The summed E-state index contributed by atoms with van der Waals surface area (Å²) in [6.45, 7) is 1.25. The van der Waals surface area contributed by atoms with Crippen LogP contribution in [-0.2, 0) is 9.59 Å². The van der Waals surface area contributed by atoms with E-state index in [1.165, 1.54) is 43.0 Å². The summed E-state index contributed by atoms with van der Waals surface area (Å²) in [5.41, 5.74) is 0.875. The van der Waals surface area contributed by atoms with Crippen LogP contribution in [0.4, 0.5) is 10.1 Å². The minimum atomic E-state index is -1.24. The first-order valence-electron chi connectivity index (χ1n) is 8.41. The van der Waals surface area contributed by atoms with Crippen molar-refractivity contribution in [3.63, 3.8) is 0 Å². The van der Waals surface area contributed by atoms with Crippen molar-refractivity contribution in [2.45, 2.75) is 17.7 Å². The van der Waals surface area contributed by atoms with E-state index in [2.05, 4.69) is 5.32 Å². The summed E-state index contributed by atoms with van der Waals surface area (Å²) < 4.78 is 13.1. The Morgan fingerprint density at radius 3 is 2.07 bits per heavy atom. The minimum Gasteiger partial charge on any atom is -0.325 e. The fourth-order valence-electron chi connectivity index (χ4n) is 2.95. The first-order valence-corrected chi connectivity index (χ1v) is 9.63. The Morgan fingerprint density at radius 1 is 1.04 bits per heavy atom. The van der Waals surface area contributed by atoms with E-state index in [-0.39, 0.29) is 0 Å². The second kappa shape index (κ2) is 9.68. The van der Waals surface area contributed by atoms with Crippen LogP contribution in [0.15, 0.2) is 53.4 Å². The molecule has 0 radical (unpaired) electrons. The molecule has 1 amide bonds. The Morgan fingerprint density at radius 2 is 1.61 bits per heavy atom. The number of carbonyl (C=O) groups is 2. The summed E-state index contributed by atoms with van der Waals surface area (Å²) in [4.78, 5) is 26.2. The summed E-state index contributed by atoms with van der Waals surface area (Å²) in [5, 5.41) is 21.4. The molecule has 0 aromatic heterocycles. The average Bonchev–Trinajstić information content (AvgIpc) is 2.69. The number of hydrogen-bond acceptors (Lipinski definition) is 5. The highest BCUT2D eigenvalue weighted by Gasteiger charge is 2.39. The van der Waals surface area contributed by atoms with Gasteiger partial charge in [-0.2, -0.15) is 10.5 Å². The monoisotopic (exact) mass is 395 g/mol. The van der Waals surface area contributed by atoms with Gasteiger partial charge in [-0.25, -0.2) is 4.39 Å². The number of hydrogen-bond donors (Lipinski definition) is 1. The molecule has 7 heteroatoms. The number of halogens is 1. The molecule has 2 rings (SSSR count). The predicted molar refractivity (Wildman–Crippen MR) is 105 cm³/mol. The number of rotatable bonds is 7. The van der Waals surface area contributed by atoms with Crippen LogP contribution in [0.3, 0.4) is 0 Å². The Hall–Kier alpha value is -3.16. The van der Waals surface area contributed by atoms with Crippen molar-refractivity contribution >= 4 is 29.1 Å². The summed E-state index contributed by atoms with van der Waals surface area (Å²) in [6, 6.07) is 16.0. The molecule has 1 N–H and O–H groups in total. The summed E-state index contributed by atoms with van der Waals surface area (Å²) in [6.07, 6.45) is 1.91. The van der Waals surface area contributed by atoms with Gasteiger partial charge in [0.1, 0.15) is 23.4 Å². The fourth-order valence-corrected chi connectivity index (χ4v) is 3.35. The summed E-state index contributed by atoms with van der Waals surface area (Å²) >= 11 is 1.53. The Balaban J connectivity index is 2.44. The predicted octanol–water partition coefficient (Wildman–Crippen LogP) is 4.14. The number of benzene rings is 2. The maximum atomic E-state index is 13.1. The SMILES string of the molecule is CSc1ccc([C@@H](C(C#N)C#N)[C@@H](C(C)=O)C(=O)Nc2ccc(F)cc2)cc1. The number of nitriles is 2. The zero-order chi connectivity index (χ0) is 20.7. The lowest BCUT2D eigenvalue weighted by molar-refractivity contribution is -0.131. The van der Waals surface area contributed by atoms with Crippen molar-refractivity contribution < 1.29 is 14.0 Å². The molecule has 142 valence electrons. The first-order chi connectivity index (χ1) is 13.4. The molecule has 0 aliphatic heterocycles. The standard InChI is InChI=1S/C21H18FN3O2S/c1-13(26)19(21(27)25-17-7-5-16(22)6-8-17)20(15(11-23)12-24)14-3-9-18(28-2)10-4-14/h3-10,15,19-20H,1-2H3,(H,25,27)/t19-,20+/m1/s1. The van der Waals surface area contributed by atoms with Crippen LogP contribution in [0.25, 0.3) is 0 Å². The third-order valence-corrected chi connectivity index (χ3v) is 5.07. The van der Waals surface area contributed by atoms with Crippen LogP contribution >= 0.6 is 11.8 Å². The van der Waals surface area contributed by atoms with Crippen molar-refractivity contribution in [2.24, 2.45) is 11.8 Å². The number of nitrogens with zero attached hydrogens (tertiary/aromatic N) is 2. The van der Waals surface area contributed by atoms with Crippen molar-refractivity contribution in [1.82, 2.24) is 0 Å². The van der Waals surface area contributed by atoms with Gasteiger partial charge in [0.2, 0.25) is 5.91 Å². The van der Waals surface area contributed by atoms with Crippen LogP contribution in [0, 0.1) is 40.3 Å². The van der Waals surface area contributed by atoms with Gasteiger partial charge in [-0.3, -0.25) is 9.59 Å². The maximum Gasteiger partial charge on any atom is 0.235 e. The number of Topliss-reactive ketones (excluding diaryl/α,β-unsaturated/α-hetero) is 1. The summed E-state index contributed by atoms with van der Waals surface area (Å²) in [7, 11) is 0. The molecule has 0 spiro atoms. The van der Waals surface area contributed by atoms with Gasteiger partial charge in [0, 0.05) is 16.5 Å². The molecule has 2 aromatic rings. The average molecular weight is 395 g/mol. The lowest BCUT2D eigenvalue weighted by Gasteiger charge is -2.25. The minimum absolute atomic E-state index is 0.319. The van der Waals surface area contributed by atoms with E-state index in [9.17, 15) is 24.5 Å². The molecule has 0 heterocycles. The van der Waals surface area contributed by atoms with Gasteiger partial charge >= 0.3 is 0 Å². The smallest absolute Gasteiger partial charge is 0.235 e. The molecule has 0 aliphatic rings. The van der Waals surface area contributed by atoms with Gasteiger partial charge in [0.15, 0.2) is 0 Å². The van der Waals surface area contributed by atoms with E-state index in [1.807, 2.05) is 30.5 Å². The molecular formula is C21H18FN3O2S. The zero-order valence-electron chi connectivity index (χ0n) is 15.3. The fraction of sp³-hybridized carbons (Fsp3) is 0.238. The lowest BCUT2D eigenvalue weighted by Crippen LogP contribution is -2.36. The zero-order valence-corrected chi connectivity index (χ0v) is 16.2. The number of carbonyl (C=O) groups excluding carboxylic acids is 2. The van der Waals surface area contributed by atoms with Crippen LogP contribution < -0.4 is 5.32 Å². The van der Waals surface area contributed by atoms with Gasteiger partial charge in [-0.15, -0.1) is 11.8 Å². The highest BCUT2D eigenvalue weighted by Crippen LogP contribution is 2.34. The van der Waals surface area contributed by atoms with E-state index < -0.39 is 35.3 Å². The highest BCUT2D eigenvalue weighted by atomic mass is 32.2. The number of thioether (sulfide) groups is 1. The number of anilines is 1.